The van der Waals surface area contributed by atoms with Gasteiger partial charge in [0.15, 0.2) is 0 Å². The predicted octanol–water partition coefficient (Wildman–Crippen LogP) is 2.85. The number of amides is 1. The molecular formula is C19H26N4O. The van der Waals surface area contributed by atoms with Crippen LogP contribution in [0.3, 0.4) is 0 Å². The number of hydrogen-bond acceptors (Lipinski definition) is 4. The molecule has 2 aromatic rings. The SMILES string of the molecule is Cc1nc2ccc(C(=O)NCCN3CCCCCC3)cc2nc1C. The molecule has 0 unspecified atom stereocenters. The van der Waals surface area contributed by atoms with E-state index in [0.29, 0.717) is 12.1 Å². The van der Waals surface area contributed by atoms with Gasteiger partial charge in [0.05, 0.1) is 22.4 Å². The Bertz CT molecular complexity index is 721. The van der Waals surface area contributed by atoms with Crippen molar-refractivity contribution in [3.05, 3.63) is 35.2 Å². The molecule has 1 aliphatic rings. The monoisotopic (exact) mass is 326 g/mol. The molecule has 5 nitrogen and oxygen atoms in total. The van der Waals surface area contributed by atoms with Crippen molar-refractivity contribution < 1.29 is 4.79 Å². The molecule has 1 aliphatic heterocycles. The van der Waals surface area contributed by atoms with Crippen molar-refractivity contribution in [2.24, 2.45) is 0 Å². The zero-order valence-electron chi connectivity index (χ0n) is 14.6. The van der Waals surface area contributed by atoms with E-state index in [9.17, 15) is 4.79 Å². The topological polar surface area (TPSA) is 58.1 Å². The summed E-state index contributed by atoms with van der Waals surface area (Å²) in [5.74, 6) is -0.0354. The van der Waals surface area contributed by atoms with Crippen molar-refractivity contribution >= 4 is 16.9 Å². The highest BCUT2D eigenvalue weighted by Crippen LogP contribution is 2.14. The van der Waals surface area contributed by atoms with Crippen molar-refractivity contribution in [2.75, 3.05) is 26.2 Å². The van der Waals surface area contributed by atoms with Crippen LogP contribution in [-0.2, 0) is 0 Å². The number of carbonyl (C=O) groups excluding carboxylic acids is 1. The van der Waals surface area contributed by atoms with E-state index >= 15 is 0 Å². The Morgan fingerprint density at radius 2 is 1.71 bits per heavy atom. The molecule has 1 saturated heterocycles. The van der Waals surface area contributed by atoms with Gasteiger partial charge in [-0.1, -0.05) is 12.8 Å². The first-order valence-electron chi connectivity index (χ1n) is 8.89. The normalized spacial score (nSPS) is 16.1. The van der Waals surface area contributed by atoms with Crippen LogP contribution in [0.1, 0.15) is 47.4 Å². The van der Waals surface area contributed by atoms with Gasteiger partial charge in [-0.2, -0.15) is 0 Å². The van der Waals surface area contributed by atoms with Gasteiger partial charge in [0.25, 0.3) is 5.91 Å². The molecule has 1 aromatic carbocycles. The van der Waals surface area contributed by atoms with Gasteiger partial charge < -0.3 is 10.2 Å². The number of benzene rings is 1. The third kappa shape index (κ3) is 4.09. The minimum absolute atomic E-state index is 0.0354. The first-order chi connectivity index (χ1) is 11.6. The molecule has 2 heterocycles. The molecule has 1 aromatic heterocycles. The Labute approximate surface area is 143 Å². The maximum atomic E-state index is 12.4. The predicted molar refractivity (Wildman–Crippen MR) is 96.3 cm³/mol. The first kappa shape index (κ1) is 16.8. The van der Waals surface area contributed by atoms with E-state index < -0.39 is 0 Å². The lowest BCUT2D eigenvalue weighted by atomic mass is 10.1. The zero-order chi connectivity index (χ0) is 16.9. The van der Waals surface area contributed by atoms with E-state index in [1.807, 2.05) is 32.0 Å². The number of carbonyl (C=O) groups is 1. The van der Waals surface area contributed by atoms with Crippen molar-refractivity contribution in [2.45, 2.75) is 39.5 Å². The number of aryl methyl sites for hydroxylation is 2. The van der Waals surface area contributed by atoms with Gasteiger partial charge in [-0.15, -0.1) is 0 Å². The average Bonchev–Trinajstić information content (AvgIpc) is 2.84. The number of hydrogen-bond donors (Lipinski definition) is 1. The molecule has 0 radical (unpaired) electrons. The zero-order valence-corrected chi connectivity index (χ0v) is 14.6. The Balaban J connectivity index is 1.60. The largest absolute Gasteiger partial charge is 0.351 e. The summed E-state index contributed by atoms with van der Waals surface area (Å²) in [5.41, 5.74) is 4.09. The Morgan fingerprint density at radius 3 is 2.42 bits per heavy atom. The highest BCUT2D eigenvalue weighted by Gasteiger charge is 2.11. The summed E-state index contributed by atoms with van der Waals surface area (Å²) in [5, 5.41) is 3.03. The molecule has 1 amide bonds. The summed E-state index contributed by atoms with van der Waals surface area (Å²) in [6, 6.07) is 5.53. The maximum absolute atomic E-state index is 12.4. The highest BCUT2D eigenvalue weighted by molar-refractivity contribution is 5.97. The maximum Gasteiger partial charge on any atom is 0.251 e. The van der Waals surface area contributed by atoms with Gasteiger partial charge in [0.2, 0.25) is 0 Å². The fraction of sp³-hybridized carbons (Fsp3) is 0.526. The lowest BCUT2D eigenvalue weighted by Gasteiger charge is -2.19. The molecule has 3 rings (SSSR count). The van der Waals surface area contributed by atoms with Crippen molar-refractivity contribution in [1.82, 2.24) is 20.2 Å². The van der Waals surface area contributed by atoms with E-state index in [2.05, 4.69) is 20.2 Å². The van der Waals surface area contributed by atoms with Crippen molar-refractivity contribution in [3.8, 4) is 0 Å². The van der Waals surface area contributed by atoms with Crippen LogP contribution in [0, 0.1) is 13.8 Å². The van der Waals surface area contributed by atoms with Crippen LogP contribution in [-0.4, -0.2) is 47.0 Å². The van der Waals surface area contributed by atoms with Crippen LogP contribution in [0.25, 0.3) is 11.0 Å². The average molecular weight is 326 g/mol. The number of fused-ring (bicyclic) bond motifs is 1. The Hall–Kier alpha value is -2.01. The summed E-state index contributed by atoms with van der Waals surface area (Å²) >= 11 is 0. The van der Waals surface area contributed by atoms with Gasteiger partial charge in [0.1, 0.15) is 0 Å². The minimum atomic E-state index is -0.0354. The molecule has 0 atom stereocenters. The number of aromatic nitrogens is 2. The fourth-order valence-corrected chi connectivity index (χ4v) is 3.16. The highest BCUT2D eigenvalue weighted by atomic mass is 16.1. The van der Waals surface area contributed by atoms with Crippen LogP contribution in [0.4, 0.5) is 0 Å². The second kappa shape index (κ2) is 7.71. The second-order valence-electron chi connectivity index (χ2n) is 6.61. The summed E-state index contributed by atoms with van der Waals surface area (Å²) in [6.07, 6.45) is 5.21. The Kier molecular flexibility index (Phi) is 5.41. The smallest absolute Gasteiger partial charge is 0.251 e. The van der Waals surface area contributed by atoms with Crippen LogP contribution < -0.4 is 5.32 Å². The van der Waals surface area contributed by atoms with Gasteiger partial charge >= 0.3 is 0 Å². The van der Waals surface area contributed by atoms with Crippen molar-refractivity contribution in [1.29, 1.82) is 0 Å². The van der Waals surface area contributed by atoms with Gasteiger partial charge in [-0.05, 0) is 58.0 Å². The minimum Gasteiger partial charge on any atom is -0.351 e. The molecule has 1 fully saturated rings. The number of nitrogens with zero attached hydrogens (tertiary/aromatic N) is 3. The first-order valence-corrected chi connectivity index (χ1v) is 8.89. The van der Waals surface area contributed by atoms with Crippen LogP contribution in [0.15, 0.2) is 18.2 Å². The van der Waals surface area contributed by atoms with Crippen molar-refractivity contribution in [3.63, 3.8) is 0 Å². The van der Waals surface area contributed by atoms with Crippen LogP contribution in [0.2, 0.25) is 0 Å². The molecular weight excluding hydrogens is 300 g/mol. The molecule has 24 heavy (non-hydrogen) atoms. The molecule has 1 N–H and O–H groups in total. The third-order valence-electron chi connectivity index (χ3n) is 4.75. The van der Waals surface area contributed by atoms with E-state index in [0.717, 1.165) is 42.1 Å². The molecule has 0 spiro atoms. The van der Waals surface area contributed by atoms with Gasteiger partial charge in [-0.25, -0.2) is 9.97 Å². The lowest BCUT2D eigenvalue weighted by molar-refractivity contribution is 0.0948. The number of nitrogens with one attached hydrogen (secondary N) is 1. The summed E-state index contributed by atoms with van der Waals surface area (Å²) in [4.78, 5) is 23.9. The van der Waals surface area contributed by atoms with E-state index in [1.165, 1.54) is 25.7 Å². The number of rotatable bonds is 4. The molecule has 0 aliphatic carbocycles. The number of likely N-dealkylation sites (tertiary alicyclic amines) is 1. The van der Waals surface area contributed by atoms with E-state index in [1.54, 1.807) is 0 Å². The van der Waals surface area contributed by atoms with Gasteiger partial charge in [-0.3, -0.25) is 4.79 Å². The molecule has 128 valence electrons. The van der Waals surface area contributed by atoms with E-state index in [-0.39, 0.29) is 5.91 Å². The Morgan fingerprint density at radius 1 is 1.04 bits per heavy atom. The molecule has 0 bridgehead atoms. The lowest BCUT2D eigenvalue weighted by Crippen LogP contribution is -2.35. The summed E-state index contributed by atoms with van der Waals surface area (Å²) in [7, 11) is 0. The standard InChI is InChI=1S/C19H26N4O/c1-14-15(2)22-18-13-16(7-8-17(18)21-14)19(24)20-9-12-23-10-5-3-4-6-11-23/h7-8,13H,3-6,9-12H2,1-2H3,(H,20,24). The second-order valence-corrected chi connectivity index (χ2v) is 6.61. The third-order valence-corrected chi connectivity index (χ3v) is 4.75. The molecule has 5 heteroatoms. The fourth-order valence-electron chi connectivity index (χ4n) is 3.16. The van der Waals surface area contributed by atoms with Crippen LogP contribution in [0.5, 0.6) is 0 Å². The summed E-state index contributed by atoms with van der Waals surface area (Å²) < 4.78 is 0. The summed E-state index contributed by atoms with van der Waals surface area (Å²) in [6.45, 7) is 7.81. The van der Waals surface area contributed by atoms with E-state index in [4.69, 9.17) is 0 Å². The molecule has 0 saturated carbocycles. The quantitative estimate of drug-likeness (QED) is 0.938. The van der Waals surface area contributed by atoms with Gasteiger partial charge in [0, 0.05) is 18.7 Å². The van der Waals surface area contributed by atoms with Crippen LogP contribution >= 0.6 is 0 Å².